The van der Waals surface area contributed by atoms with Crippen LogP contribution in [0.4, 0.5) is 0 Å². The summed E-state index contributed by atoms with van der Waals surface area (Å²) in [5.41, 5.74) is 2.72. The number of carbonyl (C=O) groups excluding carboxylic acids is 3. The number of benzene rings is 2. The van der Waals surface area contributed by atoms with Crippen LogP contribution in [0.5, 0.6) is 0 Å². The Morgan fingerprint density at radius 3 is 2.12 bits per heavy atom. The third kappa shape index (κ3) is 5.28. The standard InChI is InChI=1S/C21H22N2O3/c24-19(12-13-20(25)22-14-21(26)23-18-10-11-18)17-8-6-16(7-9-17)15-4-2-1-3-5-15/h1-9,18H,10-14H2,(H,22,25)(H,23,26). The van der Waals surface area contributed by atoms with E-state index in [0.29, 0.717) is 5.56 Å². The molecule has 0 saturated heterocycles. The van der Waals surface area contributed by atoms with Crippen LogP contribution in [0.2, 0.25) is 0 Å². The predicted molar refractivity (Wildman–Crippen MR) is 99.6 cm³/mol. The minimum Gasteiger partial charge on any atom is -0.352 e. The Balaban J connectivity index is 1.44. The van der Waals surface area contributed by atoms with Crippen molar-refractivity contribution < 1.29 is 14.4 Å². The maximum absolute atomic E-state index is 12.2. The van der Waals surface area contributed by atoms with Crippen molar-refractivity contribution in [1.82, 2.24) is 10.6 Å². The van der Waals surface area contributed by atoms with E-state index in [0.717, 1.165) is 24.0 Å². The Morgan fingerprint density at radius 1 is 0.808 bits per heavy atom. The van der Waals surface area contributed by atoms with Gasteiger partial charge in [-0.05, 0) is 24.0 Å². The monoisotopic (exact) mass is 350 g/mol. The van der Waals surface area contributed by atoms with Gasteiger partial charge in [0.1, 0.15) is 0 Å². The Morgan fingerprint density at radius 2 is 1.46 bits per heavy atom. The molecule has 0 bridgehead atoms. The van der Waals surface area contributed by atoms with E-state index in [4.69, 9.17) is 0 Å². The molecule has 134 valence electrons. The van der Waals surface area contributed by atoms with Crippen molar-refractivity contribution in [3.8, 4) is 11.1 Å². The molecule has 0 radical (unpaired) electrons. The zero-order valence-electron chi connectivity index (χ0n) is 14.5. The van der Waals surface area contributed by atoms with Crippen LogP contribution in [0.25, 0.3) is 11.1 Å². The van der Waals surface area contributed by atoms with Gasteiger partial charge in [0, 0.05) is 24.4 Å². The van der Waals surface area contributed by atoms with Crippen LogP contribution in [0.3, 0.4) is 0 Å². The first-order valence-electron chi connectivity index (χ1n) is 8.86. The Hall–Kier alpha value is -2.95. The maximum Gasteiger partial charge on any atom is 0.239 e. The van der Waals surface area contributed by atoms with E-state index in [1.165, 1.54) is 0 Å². The minimum absolute atomic E-state index is 0.0324. The number of carbonyl (C=O) groups is 3. The largest absolute Gasteiger partial charge is 0.352 e. The molecule has 3 rings (SSSR count). The smallest absolute Gasteiger partial charge is 0.239 e. The van der Waals surface area contributed by atoms with Crippen molar-refractivity contribution in [3.63, 3.8) is 0 Å². The molecule has 0 unspecified atom stereocenters. The van der Waals surface area contributed by atoms with Crippen LogP contribution in [-0.2, 0) is 9.59 Å². The van der Waals surface area contributed by atoms with Crippen LogP contribution in [0, 0.1) is 0 Å². The van der Waals surface area contributed by atoms with E-state index in [-0.39, 0.29) is 43.0 Å². The summed E-state index contributed by atoms with van der Waals surface area (Å²) in [5.74, 6) is -0.545. The molecule has 5 nitrogen and oxygen atoms in total. The zero-order chi connectivity index (χ0) is 18.4. The first-order valence-corrected chi connectivity index (χ1v) is 8.86. The van der Waals surface area contributed by atoms with Crippen LogP contribution in [0.15, 0.2) is 54.6 Å². The second-order valence-electron chi connectivity index (χ2n) is 6.49. The first kappa shape index (κ1) is 17.9. The van der Waals surface area contributed by atoms with E-state index < -0.39 is 0 Å². The third-order valence-electron chi connectivity index (χ3n) is 4.28. The lowest BCUT2D eigenvalue weighted by molar-refractivity contribution is -0.126. The molecule has 2 aromatic rings. The van der Waals surface area contributed by atoms with Crippen molar-refractivity contribution in [3.05, 3.63) is 60.2 Å². The first-order chi connectivity index (χ1) is 12.6. The third-order valence-corrected chi connectivity index (χ3v) is 4.28. The lowest BCUT2D eigenvalue weighted by Crippen LogP contribution is -2.37. The lowest BCUT2D eigenvalue weighted by Gasteiger charge is -2.06. The fraction of sp³-hybridized carbons (Fsp3) is 0.286. The summed E-state index contributed by atoms with van der Waals surface area (Å²) in [5, 5.41) is 5.35. The minimum atomic E-state index is -0.287. The fourth-order valence-corrected chi connectivity index (χ4v) is 2.62. The highest BCUT2D eigenvalue weighted by molar-refractivity contribution is 5.98. The SMILES string of the molecule is O=C(CCC(=O)c1ccc(-c2ccccc2)cc1)NCC(=O)NC1CC1. The summed E-state index contributed by atoms with van der Waals surface area (Å²) in [4.78, 5) is 35.5. The summed E-state index contributed by atoms with van der Waals surface area (Å²) in [7, 11) is 0. The molecule has 2 amide bonds. The quantitative estimate of drug-likeness (QED) is 0.719. The number of amides is 2. The molecule has 2 N–H and O–H groups in total. The Labute approximate surface area is 152 Å². The molecule has 1 aliphatic rings. The molecule has 1 fully saturated rings. The average molecular weight is 350 g/mol. The average Bonchev–Trinajstić information content (AvgIpc) is 3.49. The molecule has 26 heavy (non-hydrogen) atoms. The molecule has 1 saturated carbocycles. The van der Waals surface area contributed by atoms with Gasteiger partial charge >= 0.3 is 0 Å². The summed E-state index contributed by atoms with van der Waals surface area (Å²) in [6.07, 6.45) is 2.23. The van der Waals surface area contributed by atoms with E-state index in [1.807, 2.05) is 42.5 Å². The van der Waals surface area contributed by atoms with Gasteiger partial charge in [0.15, 0.2) is 5.78 Å². The number of ketones is 1. The zero-order valence-corrected chi connectivity index (χ0v) is 14.5. The van der Waals surface area contributed by atoms with Gasteiger partial charge < -0.3 is 10.6 Å². The van der Waals surface area contributed by atoms with Crippen molar-refractivity contribution in [2.45, 2.75) is 31.7 Å². The second-order valence-corrected chi connectivity index (χ2v) is 6.49. The molecule has 0 aliphatic heterocycles. The molecule has 0 heterocycles. The van der Waals surface area contributed by atoms with Gasteiger partial charge in [-0.2, -0.15) is 0 Å². The van der Waals surface area contributed by atoms with E-state index >= 15 is 0 Å². The van der Waals surface area contributed by atoms with Crippen LogP contribution < -0.4 is 10.6 Å². The number of Topliss-reactive ketones (excluding diaryl/α,β-unsaturated/α-hetero) is 1. The van der Waals surface area contributed by atoms with E-state index in [9.17, 15) is 14.4 Å². The van der Waals surface area contributed by atoms with Crippen molar-refractivity contribution in [2.75, 3.05) is 6.54 Å². The lowest BCUT2D eigenvalue weighted by atomic mass is 10.0. The van der Waals surface area contributed by atoms with Gasteiger partial charge in [-0.25, -0.2) is 0 Å². The van der Waals surface area contributed by atoms with Crippen molar-refractivity contribution in [2.24, 2.45) is 0 Å². The Bertz CT molecular complexity index is 781. The highest BCUT2D eigenvalue weighted by Gasteiger charge is 2.23. The molecule has 0 spiro atoms. The van der Waals surface area contributed by atoms with Gasteiger partial charge in [-0.15, -0.1) is 0 Å². The van der Waals surface area contributed by atoms with E-state index in [1.54, 1.807) is 12.1 Å². The number of hydrogen-bond acceptors (Lipinski definition) is 3. The summed E-state index contributed by atoms with van der Waals surface area (Å²) in [6.45, 7) is -0.0324. The highest BCUT2D eigenvalue weighted by Crippen LogP contribution is 2.20. The molecule has 2 aromatic carbocycles. The van der Waals surface area contributed by atoms with Gasteiger partial charge in [-0.3, -0.25) is 14.4 Å². The summed E-state index contributed by atoms with van der Waals surface area (Å²) >= 11 is 0. The molecule has 1 aliphatic carbocycles. The molecular formula is C21H22N2O3. The molecule has 0 aromatic heterocycles. The van der Waals surface area contributed by atoms with Gasteiger partial charge in [0.2, 0.25) is 11.8 Å². The second kappa shape index (κ2) is 8.43. The van der Waals surface area contributed by atoms with Crippen molar-refractivity contribution >= 4 is 17.6 Å². The molecular weight excluding hydrogens is 328 g/mol. The Kier molecular flexibility index (Phi) is 5.79. The predicted octanol–water partition coefficient (Wildman–Crippen LogP) is 2.71. The van der Waals surface area contributed by atoms with Gasteiger partial charge in [0.05, 0.1) is 6.54 Å². The number of rotatable bonds is 8. The van der Waals surface area contributed by atoms with Crippen LogP contribution in [0.1, 0.15) is 36.0 Å². The van der Waals surface area contributed by atoms with Crippen molar-refractivity contribution in [1.29, 1.82) is 0 Å². The normalized spacial score (nSPS) is 13.1. The highest BCUT2D eigenvalue weighted by atomic mass is 16.2. The fourth-order valence-electron chi connectivity index (χ4n) is 2.62. The summed E-state index contributed by atoms with van der Waals surface area (Å²) in [6, 6.07) is 17.6. The topological polar surface area (TPSA) is 75.3 Å². The number of nitrogens with one attached hydrogen (secondary N) is 2. The maximum atomic E-state index is 12.2. The van der Waals surface area contributed by atoms with E-state index in [2.05, 4.69) is 10.6 Å². The summed E-state index contributed by atoms with van der Waals surface area (Å²) < 4.78 is 0. The van der Waals surface area contributed by atoms with Crippen LogP contribution >= 0.6 is 0 Å². The number of hydrogen-bond donors (Lipinski definition) is 2. The van der Waals surface area contributed by atoms with Gasteiger partial charge in [-0.1, -0.05) is 54.6 Å². The van der Waals surface area contributed by atoms with Crippen LogP contribution in [-0.4, -0.2) is 30.2 Å². The molecule has 5 heteroatoms. The molecule has 0 atom stereocenters. The van der Waals surface area contributed by atoms with Gasteiger partial charge in [0.25, 0.3) is 0 Å².